The van der Waals surface area contributed by atoms with E-state index in [1.54, 1.807) is 6.08 Å². The van der Waals surface area contributed by atoms with Crippen LogP contribution in [0.3, 0.4) is 0 Å². The maximum absolute atomic E-state index is 12.1. The van der Waals surface area contributed by atoms with Gasteiger partial charge in [-0.2, -0.15) is 0 Å². The first-order valence-electron chi connectivity index (χ1n) is 11.1. The molecular weight excluding hydrogens is 340 g/mol. The Kier molecular flexibility index (Phi) is 3.92. The Labute approximate surface area is 162 Å². The molecule has 5 aliphatic rings. The molecule has 2 N–H and O–H groups in total. The molecule has 0 aromatic carbocycles. The Bertz CT molecular complexity index is 686. The molecule has 150 valence electrons. The minimum Gasteiger partial charge on any atom is -0.458 e. The van der Waals surface area contributed by atoms with Gasteiger partial charge in [0.25, 0.3) is 0 Å². The van der Waals surface area contributed by atoms with Crippen molar-refractivity contribution in [3.8, 4) is 0 Å². The topological polar surface area (TPSA) is 66.8 Å². The van der Waals surface area contributed by atoms with Crippen LogP contribution in [0.25, 0.3) is 0 Å². The minimum atomic E-state index is -0.628. The molecule has 4 nitrogen and oxygen atoms in total. The van der Waals surface area contributed by atoms with Crippen LogP contribution < -0.4 is 0 Å². The summed E-state index contributed by atoms with van der Waals surface area (Å²) in [6.45, 7) is 5.15. The lowest BCUT2D eigenvalue weighted by Gasteiger charge is -2.63. The highest BCUT2D eigenvalue weighted by molar-refractivity contribution is 5.85. The third-order valence-electron chi connectivity index (χ3n) is 9.96. The smallest absolute Gasteiger partial charge is 0.331 e. The first-order valence-corrected chi connectivity index (χ1v) is 11.1. The Morgan fingerprint density at radius 1 is 1.04 bits per heavy atom. The summed E-state index contributed by atoms with van der Waals surface area (Å²) in [6.07, 6.45) is 10.8. The third kappa shape index (κ3) is 2.32. The van der Waals surface area contributed by atoms with Crippen LogP contribution in [-0.4, -0.2) is 34.5 Å². The van der Waals surface area contributed by atoms with Gasteiger partial charge in [0.2, 0.25) is 0 Å². The molecule has 0 aromatic heterocycles. The van der Waals surface area contributed by atoms with E-state index in [4.69, 9.17) is 4.74 Å². The molecule has 0 amide bonds. The molecule has 0 aromatic rings. The van der Waals surface area contributed by atoms with Gasteiger partial charge < -0.3 is 14.9 Å². The van der Waals surface area contributed by atoms with Gasteiger partial charge in [-0.25, -0.2) is 4.79 Å². The number of aliphatic hydroxyl groups excluding tert-OH is 1. The number of ether oxygens (including phenoxy) is 1. The molecule has 4 saturated carbocycles. The molecule has 0 bridgehead atoms. The van der Waals surface area contributed by atoms with Crippen LogP contribution in [0.1, 0.15) is 71.6 Å². The van der Waals surface area contributed by atoms with E-state index in [1.165, 1.54) is 6.42 Å². The number of hydrogen-bond donors (Lipinski definition) is 2. The third-order valence-corrected chi connectivity index (χ3v) is 9.96. The molecule has 8 atom stereocenters. The van der Waals surface area contributed by atoms with E-state index in [9.17, 15) is 15.0 Å². The van der Waals surface area contributed by atoms with Crippen molar-refractivity contribution in [1.82, 2.24) is 0 Å². The van der Waals surface area contributed by atoms with Crippen molar-refractivity contribution in [2.75, 3.05) is 6.61 Å². The van der Waals surface area contributed by atoms with Crippen LogP contribution in [0, 0.1) is 34.5 Å². The van der Waals surface area contributed by atoms with Gasteiger partial charge in [-0.1, -0.05) is 13.8 Å². The Balaban J connectivity index is 1.47. The predicted octanol–water partition coefficient (Wildman–Crippen LogP) is 3.60. The van der Waals surface area contributed by atoms with Crippen molar-refractivity contribution < 1.29 is 19.7 Å². The zero-order valence-electron chi connectivity index (χ0n) is 16.7. The highest BCUT2D eigenvalue weighted by Gasteiger charge is 2.67. The normalized spacial score (nSPS) is 54.6. The van der Waals surface area contributed by atoms with Crippen LogP contribution in [0.15, 0.2) is 11.6 Å². The second-order valence-electron chi connectivity index (χ2n) is 10.7. The molecule has 0 unspecified atom stereocenters. The minimum absolute atomic E-state index is 0.126. The zero-order chi connectivity index (χ0) is 19.0. The van der Waals surface area contributed by atoms with Crippen LogP contribution in [0.2, 0.25) is 0 Å². The highest BCUT2D eigenvalue weighted by atomic mass is 16.5. The number of esters is 1. The fraction of sp³-hybridized carbons (Fsp3) is 0.870. The van der Waals surface area contributed by atoms with Gasteiger partial charge in [0.1, 0.15) is 6.61 Å². The summed E-state index contributed by atoms with van der Waals surface area (Å²) >= 11 is 0. The molecular formula is C23H34O4. The van der Waals surface area contributed by atoms with Gasteiger partial charge in [0, 0.05) is 11.5 Å². The number of carbonyl (C=O) groups excluding carboxylic acids is 1. The second-order valence-corrected chi connectivity index (χ2v) is 10.7. The summed E-state index contributed by atoms with van der Waals surface area (Å²) in [5.41, 5.74) is 0.600. The van der Waals surface area contributed by atoms with Crippen LogP contribution in [0.5, 0.6) is 0 Å². The Morgan fingerprint density at radius 3 is 2.59 bits per heavy atom. The van der Waals surface area contributed by atoms with E-state index in [0.29, 0.717) is 24.4 Å². The van der Waals surface area contributed by atoms with Gasteiger partial charge in [-0.3, -0.25) is 0 Å². The van der Waals surface area contributed by atoms with Gasteiger partial charge in [0.15, 0.2) is 0 Å². The average molecular weight is 375 g/mol. The van der Waals surface area contributed by atoms with E-state index in [0.717, 1.165) is 56.9 Å². The SMILES string of the molecule is C[C@]12CC[C@@H](O)C[C@@H]1CC[C@@H]1[C@@H]2CC[C@@]2(C)[C@@H](C3=CC(=O)OC3)CC[C@]12O. The zero-order valence-corrected chi connectivity index (χ0v) is 16.7. The summed E-state index contributed by atoms with van der Waals surface area (Å²) in [6, 6.07) is 0. The van der Waals surface area contributed by atoms with Gasteiger partial charge >= 0.3 is 5.97 Å². The number of carbonyl (C=O) groups is 1. The summed E-state index contributed by atoms with van der Waals surface area (Å²) in [5.74, 6) is 1.59. The van der Waals surface area contributed by atoms with E-state index in [1.807, 2.05) is 0 Å². The van der Waals surface area contributed by atoms with Crippen molar-refractivity contribution >= 4 is 5.97 Å². The molecule has 4 heteroatoms. The lowest BCUT2D eigenvalue weighted by atomic mass is 9.43. The van der Waals surface area contributed by atoms with Crippen LogP contribution in [0.4, 0.5) is 0 Å². The molecule has 5 rings (SSSR count). The van der Waals surface area contributed by atoms with Crippen molar-refractivity contribution in [3.63, 3.8) is 0 Å². The number of hydrogen-bond acceptors (Lipinski definition) is 4. The molecule has 4 aliphatic carbocycles. The summed E-state index contributed by atoms with van der Waals surface area (Å²) in [7, 11) is 0. The quantitative estimate of drug-likeness (QED) is 0.688. The van der Waals surface area contributed by atoms with Gasteiger partial charge in [0.05, 0.1) is 11.7 Å². The number of cyclic esters (lactones) is 1. The molecule has 1 heterocycles. The molecule has 0 saturated heterocycles. The molecule has 0 radical (unpaired) electrons. The van der Waals surface area contributed by atoms with E-state index in [2.05, 4.69) is 13.8 Å². The highest BCUT2D eigenvalue weighted by Crippen LogP contribution is 2.69. The van der Waals surface area contributed by atoms with Crippen LogP contribution >= 0.6 is 0 Å². The lowest BCUT2D eigenvalue weighted by molar-refractivity contribution is -0.208. The Morgan fingerprint density at radius 2 is 1.85 bits per heavy atom. The first-order chi connectivity index (χ1) is 12.8. The van der Waals surface area contributed by atoms with E-state index >= 15 is 0 Å². The second kappa shape index (κ2) is 5.82. The average Bonchev–Trinajstić information content (AvgIpc) is 3.16. The molecule has 1 aliphatic heterocycles. The molecule has 4 fully saturated rings. The molecule has 27 heavy (non-hydrogen) atoms. The number of rotatable bonds is 1. The number of aliphatic hydroxyl groups is 2. The monoisotopic (exact) mass is 374 g/mol. The maximum atomic E-state index is 12.1. The van der Waals surface area contributed by atoms with Gasteiger partial charge in [-0.15, -0.1) is 0 Å². The maximum Gasteiger partial charge on any atom is 0.331 e. The Hall–Kier alpha value is -0.870. The van der Waals surface area contributed by atoms with Crippen molar-refractivity contribution in [2.45, 2.75) is 83.3 Å². The van der Waals surface area contributed by atoms with E-state index in [-0.39, 0.29) is 28.8 Å². The standard InChI is InChI=1S/C23H34O4/c1-21-8-5-16(24)12-15(21)3-4-19-18(21)6-9-22(2)17(7-10-23(19,22)26)14-11-20(25)27-13-14/h11,15-19,24,26H,3-10,12-13H2,1-2H3/t15-,16+,17+,18-,19+,21-,22-,23-/m0/s1. The summed E-state index contributed by atoms with van der Waals surface area (Å²) in [5, 5.41) is 22.3. The lowest BCUT2D eigenvalue weighted by Crippen LogP contribution is -2.62. The van der Waals surface area contributed by atoms with Crippen LogP contribution in [-0.2, 0) is 9.53 Å². The van der Waals surface area contributed by atoms with Crippen molar-refractivity contribution in [3.05, 3.63) is 11.6 Å². The largest absolute Gasteiger partial charge is 0.458 e. The fourth-order valence-corrected chi connectivity index (χ4v) is 8.39. The van der Waals surface area contributed by atoms with E-state index < -0.39 is 5.60 Å². The van der Waals surface area contributed by atoms with Gasteiger partial charge in [-0.05, 0) is 92.4 Å². The van der Waals surface area contributed by atoms with Crippen molar-refractivity contribution in [2.24, 2.45) is 34.5 Å². The fourth-order valence-electron chi connectivity index (χ4n) is 8.39. The van der Waals surface area contributed by atoms with Crippen molar-refractivity contribution in [1.29, 1.82) is 0 Å². The first kappa shape index (κ1) is 18.2. The number of fused-ring (bicyclic) bond motifs is 5. The molecule has 0 spiro atoms. The predicted molar refractivity (Wildman–Crippen MR) is 102 cm³/mol. The summed E-state index contributed by atoms with van der Waals surface area (Å²) in [4.78, 5) is 11.6. The summed E-state index contributed by atoms with van der Waals surface area (Å²) < 4.78 is 5.20.